The number of aryl methyl sites for hydroxylation is 2. The van der Waals surface area contributed by atoms with Gasteiger partial charge in [-0.2, -0.15) is 0 Å². The van der Waals surface area contributed by atoms with Crippen LogP contribution in [0.2, 0.25) is 0 Å². The molecule has 4 nitrogen and oxygen atoms in total. The molecule has 0 radical (unpaired) electrons. The van der Waals surface area contributed by atoms with Crippen molar-refractivity contribution in [3.05, 3.63) is 41.2 Å². The van der Waals surface area contributed by atoms with Crippen molar-refractivity contribution >= 4 is 23.5 Å². The first-order valence-electron chi connectivity index (χ1n) is 6.68. The molecular weight excluding hydrogens is 272 g/mol. The second-order valence-electron chi connectivity index (χ2n) is 4.94. The largest absolute Gasteiger partial charge is 0.360 e. The summed E-state index contributed by atoms with van der Waals surface area (Å²) in [5.41, 5.74) is 2.41. The van der Waals surface area contributed by atoms with Crippen LogP contribution in [0.1, 0.15) is 23.3 Å². The third-order valence-corrected chi connectivity index (χ3v) is 4.44. The lowest BCUT2D eigenvalue weighted by Gasteiger charge is -2.15. The monoisotopic (exact) mass is 288 g/mol. The minimum atomic E-state index is -0.0679. The summed E-state index contributed by atoms with van der Waals surface area (Å²) in [4.78, 5) is 13.3. The number of aromatic nitrogens is 1. The van der Waals surface area contributed by atoms with Gasteiger partial charge < -0.3 is 9.84 Å². The SMILES string of the molecule is Cc1cc(NC(=O)Cc2ccc3c(c2)CCCS3)no1. The van der Waals surface area contributed by atoms with E-state index in [1.807, 2.05) is 17.8 Å². The van der Waals surface area contributed by atoms with Gasteiger partial charge in [-0.05, 0) is 42.7 Å². The molecule has 1 amide bonds. The van der Waals surface area contributed by atoms with E-state index in [-0.39, 0.29) is 5.91 Å². The van der Waals surface area contributed by atoms with Crippen LogP contribution in [0.15, 0.2) is 33.7 Å². The van der Waals surface area contributed by atoms with Crippen molar-refractivity contribution in [2.75, 3.05) is 11.1 Å². The lowest BCUT2D eigenvalue weighted by atomic mass is 10.0. The second kappa shape index (κ2) is 5.71. The Kier molecular flexibility index (Phi) is 3.78. The number of fused-ring (bicyclic) bond motifs is 1. The maximum absolute atomic E-state index is 12.0. The highest BCUT2D eigenvalue weighted by Crippen LogP contribution is 2.30. The van der Waals surface area contributed by atoms with Gasteiger partial charge in [-0.3, -0.25) is 4.79 Å². The van der Waals surface area contributed by atoms with E-state index in [1.54, 1.807) is 13.0 Å². The summed E-state index contributed by atoms with van der Waals surface area (Å²) in [6, 6.07) is 8.02. The van der Waals surface area contributed by atoms with E-state index in [1.165, 1.54) is 22.6 Å². The molecule has 0 spiro atoms. The molecule has 2 heterocycles. The second-order valence-corrected chi connectivity index (χ2v) is 6.08. The maximum atomic E-state index is 12.0. The highest BCUT2D eigenvalue weighted by molar-refractivity contribution is 7.99. The van der Waals surface area contributed by atoms with Crippen LogP contribution < -0.4 is 5.32 Å². The first-order chi connectivity index (χ1) is 9.70. The highest BCUT2D eigenvalue weighted by atomic mass is 32.2. The van der Waals surface area contributed by atoms with Gasteiger partial charge in [0.25, 0.3) is 0 Å². The van der Waals surface area contributed by atoms with Gasteiger partial charge in [0, 0.05) is 11.0 Å². The molecule has 20 heavy (non-hydrogen) atoms. The fraction of sp³-hybridized carbons (Fsp3) is 0.333. The smallest absolute Gasteiger partial charge is 0.230 e. The highest BCUT2D eigenvalue weighted by Gasteiger charge is 2.12. The van der Waals surface area contributed by atoms with E-state index in [2.05, 4.69) is 22.6 Å². The van der Waals surface area contributed by atoms with Gasteiger partial charge in [-0.15, -0.1) is 11.8 Å². The predicted octanol–water partition coefficient (Wildman–Crippen LogP) is 3.20. The summed E-state index contributed by atoms with van der Waals surface area (Å²) in [5, 5.41) is 6.50. The number of thioether (sulfide) groups is 1. The Morgan fingerprint density at radius 2 is 2.35 bits per heavy atom. The topological polar surface area (TPSA) is 55.1 Å². The Morgan fingerprint density at radius 3 is 3.15 bits per heavy atom. The number of nitrogens with zero attached hydrogens (tertiary/aromatic N) is 1. The summed E-state index contributed by atoms with van der Waals surface area (Å²) in [7, 11) is 0. The van der Waals surface area contributed by atoms with Crippen LogP contribution in [0.5, 0.6) is 0 Å². The zero-order valence-electron chi connectivity index (χ0n) is 11.3. The number of hydrogen-bond donors (Lipinski definition) is 1. The third kappa shape index (κ3) is 3.04. The Balaban J connectivity index is 1.66. The number of anilines is 1. The predicted molar refractivity (Wildman–Crippen MR) is 79.1 cm³/mol. The Morgan fingerprint density at radius 1 is 1.45 bits per heavy atom. The summed E-state index contributed by atoms with van der Waals surface area (Å²) in [6.45, 7) is 1.80. The molecular formula is C15H16N2O2S. The summed E-state index contributed by atoms with van der Waals surface area (Å²) in [6.07, 6.45) is 2.69. The molecule has 104 valence electrons. The maximum Gasteiger partial charge on any atom is 0.230 e. The van der Waals surface area contributed by atoms with E-state index in [9.17, 15) is 4.79 Å². The van der Waals surface area contributed by atoms with Crippen molar-refractivity contribution in [2.24, 2.45) is 0 Å². The quantitative estimate of drug-likeness (QED) is 0.942. The van der Waals surface area contributed by atoms with Crippen LogP contribution in [0.4, 0.5) is 5.82 Å². The first kappa shape index (κ1) is 13.2. The standard InChI is InChI=1S/C15H16N2O2S/c1-10-7-14(17-19-10)16-15(18)9-11-4-5-13-12(8-11)3-2-6-20-13/h4-5,7-8H,2-3,6,9H2,1H3,(H,16,17,18). The molecule has 5 heteroatoms. The summed E-state index contributed by atoms with van der Waals surface area (Å²) < 4.78 is 4.92. The average Bonchev–Trinajstić information content (AvgIpc) is 2.83. The van der Waals surface area contributed by atoms with Gasteiger partial charge in [-0.1, -0.05) is 17.3 Å². The van der Waals surface area contributed by atoms with Gasteiger partial charge in [0.05, 0.1) is 6.42 Å². The summed E-state index contributed by atoms with van der Waals surface area (Å²) >= 11 is 1.90. The molecule has 0 fully saturated rings. The minimum Gasteiger partial charge on any atom is -0.360 e. The van der Waals surface area contributed by atoms with Crippen LogP contribution in [-0.4, -0.2) is 16.8 Å². The molecule has 0 atom stereocenters. The molecule has 1 N–H and O–H groups in total. The number of benzene rings is 1. The molecule has 1 aromatic heterocycles. The van der Waals surface area contributed by atoms with Gasteiger partial charge in [0.1, 0.15) is 5.76 Å². The zero-order valence-corrected chi connectivity index (χ0v) is 12.1. The van der Waals surface area contributed by atoms with Gasteiger partial charge in [-0.25, -0.2) is 0 Å². The minimum absolute atomic E-state index is 0.0679. The van der Waals surface area contributed by atoms with Crippen LogP contribution in [0.3, 0.4) is 0 Å². The van der Waals surface area contributed by atoms with Crippen molar-refractivity contribution in [3.8, 4) is 0 Å². The molecule has 0 unspecified atom stereocenters. The first-order valence-corrected chi connectivity index (χ1v) is 7.67. The lowest BCUT2D eigenvalue weighted by molar-refractivity contribution is -0.115. The molecule has 0 aliphatic carbocycles. The van der Waals surface area contributed by atoms with Gasteiger partial charge >= 0.3 is 0 Å². The molecule has 1 aliphatic rings. The average molecular weight is 288 g/mol. The van der Waals surface area contributed by atoms with Gasteiger partial charge in [0.2, 0.25) is 5.91 Å². The van der Waals surface area contributed by atoms with E-state index in [0.717, 1.165) is 12.0 Å². The van der Waals surface area contributed by atoms with Crippen LogP contribution in [-0.2, 0) is 17.6 Å². The van der Waals surface area contributed by atoms with Crippen molar-refractivity contribution in [3.63, 3.8) is 0 Å². The molecule has 1 aromatic carbocycles. The van der Waals surface area contributed by atoms with Gasteiger partial charge in [0.15, 0.2) is 5.82 Å². The zero-order chi connectivity index (χ0) is 13.9. The lowest BCUT2D eigenvalue weighted by Crippen LogP contribution is -2.15. The molecule has 0 bridgehead atoms. The number of carbonyl (C=O) groups excluding carboxylic acids is 1. The Bertz CT molecular complexity index is 637. The number of carbonyl (C=O) groups is 1. The van der Waals surface area contributed by atoms with Crippen molar-refractivity contribution in [2.45, 2.75) is 31.1 Å². The van der Waals surface area contributed by atoms with E-state index in [0.29, 0.717) is 18.0 Å². The van der Waals surface area contributed by atoms with Crippen LogP contribution >= 0.6 is 11.8 Å². The van der Waals surface area contributed by atoms with Crippen molar-refractivity contribution in [1.29, 1.82) is 0 Å². The normalized spacial score (nSPS) is 13.8. The van der Waals surface area contributed by atoms with Crippen molar-refractivity contribution in [1.82, 2.24) is 5.16 Å². The number of rotatable bonds is 3. The Labute approximate surface area is 121 Å². The van der Waals surface area contributed by atoms with E-state index >= 15 is 0 Å². The molecule has 0 saturated carbocycles. The molecule has 2 aromatic rings. The Hall–Kier alpha value is -1.75. The van der Waals surface area contributed by atoms with Crippen LogP contribution in [0, 0.1) is 6.92 Å². The third-order valence-electron chi connectivity index (χ3n) is 3.23. The van der Waals surface area contributed by atoms with Crippen molar-refractivity contribution < 1.29 is 9.32 Å². The number of amides is 1. The number of hydrogen-bond acceptors (Lipinski definition) is 4. The van der Waals surface area contributed by atoms with E-state index < -0.39 is 0 Å². The fourth-order valence-electron chi connectivity index (χ4n) is 2.32. The van der Waals surface area contributed by atoms with Crippen LogP contribution in [0.25, 0.3) is 0 Å². The summed E-state index contributed by atoms with van der Waals surface area (Å²) in [5.74, 6) is 2.28. The fourth-order valence-corrected chi connectivity index (χ4v) is 3.34. The molecule has 1 aliphatic heterocycles. The number of nitrogens with one attached hydrogen (secondary N) is 1. The molecule has 3 rings (SSSR count). The van der Waals surface area contributed by atoms with E-state index in [4.69, 9.17) is 4.52 Å². The molecule has 0 saturated heterocycles.